The van der Waals surface area contributed by atoms with E-state index in [9.17, 15) is 9.59 Å². The Hall–Kier alpha value is -3.41. The predicted octanol–water partition coefficient (Wildman–Crippen LogP) is 3.61. The number of esters is 1. The van der Waals surface area contributed by atoms with Gasteiger partial charge in [0, 0.05) is 17.8 Å². The van der Waals surface area contributed by atoms with Crippen LogP contribution in [0.5, 0.6) is 0 Å². The van der Waals surface area contributed by atoms with Crippen molar-refractivity contribution in [3.05, 3.63) is 72.4 Å². The maximum Gasteiger partial charge on any atom is 0.342 e. The summed E-state index contributed by atoms with van der Waals surface area (Å²) < 4.78 is 6.88. The Morgan fingerprint density at radius 3 is 2.36 bits per heavy atom. The third-order valence-electron chi connectivity index (χ3n) is 4.36. The van der Waals surface area contributed by atoms with Crippen LogP contribution in [0.15, 0.2) is 66.9 Å². The molecule has 1 amide bonds. The average molecular weight is 377 g/mol. The van der Waals surface area contributed by atoms with Gasteiger partial charge in [0.25, 0.3) is 5.91 Å². The molecule has 28 heavy (non-hydrogen) atoms. The standard InChI is InChI=1S/C22H23N3O3/c1-3-16(2)23-20(26)15-28-22(27)19-14-25(18-12-8-5-9-13-18)24-21(19)17-10-6-4-7-11-17/h4-14,16H,3,15H2,1-2H3,(H,23,26)/t16-/m0/s1. The Labute approximate surface area is 164 Å². The van der Waals surface area contributed by atoms with Crippen molar-refractivity contribution in [1.29, 1.82) is 0 Å². The first-order valence-corrected chi connectivity index (χ1v) is 9.25. The minimum atomic E-state index is -0.583. The third kappa shape index (κ3) is 4.65. The summed E-state index contributed by atoms with van der Waals surface area (Å²) in [4.78, 5) is 24.6. The molecule has 3 rings (SSSR count). The second-order valence-corrected chi connectivity index (χ2v) is 6.49. The van der Waals surface area contributed by atoms with Gasteiger partial charge >= 0.3 is 5.97 Å². The molecule has 6 nitrogen and oxygen atoms in total. The van der Waals surface area contributed by atoms with E-state index >= 15 is 0 Å². The number of carbonyl (C=O) groups excluding carboxylic acids is 2. The lowest BCUT2D eigenvalue weighted by Crippen LogP contribution is -2.35. The minimum Gasteiger partial charge on any atom is -0.452 e. The molecule has 2 aromatic carbocycles. The fraction of sp³-hybridized carbons (Fsp3) is 0.227. The summed E-state index contributed by atoms with van der Waals surface area (Å²) in [5.74, 6) is -0.903. The van der Waals surface area contributed by atoms with Crippen LogP contribution < -0.4 is 5.32 Å². The molecule has 1 heterocycles. The van der Waals surface area contributed by atoms with E-state index in [-0.39, 0.29) is 18.6 Å². The Morgan fingerprint density at radius 1 is 1.07 bits per heavy atom. The second-order valence-electron chi connectivity index (χ2n) is 6.49. The van der Waals surface area contributed by atoms with Crippen molar-refractivity contribution in [2.45, 2.75) is 26.3 Å². The number of hydrogen-bond donors (Lipinski definition) is 1. The lowest BCUT2D eigenvalue weighted by Gasteiger charge is -2.11. The first kappa shape index (κ1) is 19.4. The molecule has 0 saturated heterocycles. The smallest absolute Gasteiger partial charge is 0.342 e. The third-order valence-corrected chi connectivity index (χ3v) is 4.36. The molecular weight excluding hydrogens is 354 g/mol. The van der Waals surface area contributed by atoms with E-state index in [0.717, 1.165) is 17.7 Å². The summed E-state index contributed by atoms with van der Waals surface area (Å²) in [5, 5.41) is 7.35. The molecule has 0 unspecified atom stereocenters. The van der Waals surface area contributed by atoms with Crippen LogP contribution in [0.4, 0.5) is 0 Å². The van der Waals surface area contributed by atoms with Crippen molar-refractivity contribution in [1.82, 2.24) is 15.1 Å². The van der Waals surface area contributed by atoms with Crippen LogP contribution in [-0.4, -0.2) is 34.3 Å². The van der Waals surface area contributed by atoms with Crippen LogP contribution >= 0.6 is 0 Å². The van der Waals surface area contributed by atoms with Gasteiger partial charge in [0.2, 0.25) is 0 Å². The molecule has 0 fully saturated rings. The molecule has 0 aliphatic carbocycles. The molecule has 0 bridgehead atoms. The number of ether oxygens (including phenoxy) is 1. The van der Waals surface area contributed by atoms with E-state index in [0.29, 0.717) is 11.3 Å². The van der Waals surface area contributed by atoms with Gasteiger partial charge in [-0.2, -0.15) is 5.10 Å². The van der Waals surface area contributed by atoms with Crippen molar-refractivity contribution >= 4 is 11.9 Å². The van der Waals surface area contributed by atoms with Gasteiger partial charge in [-0.15, -0.1) is 0 Å². The number of benzene rings is 2. The molecule has 1 atom stereocenters. The summed E-state index contributed by atoms with van der Waals surface area (Å²) in [5.41, 5.74) is 2.45. The second kappa shape index (κ2) is 8.99. The number of hydrogen-bond acceptors (Lipinski definition) is 4. The number of para-hydroxylation sites is 1. The maximum atomic E-state index is 12.7. The molecular formula is C22H23N3O3. The zero-order valence-corrected chi connectivity index (χ0v) is 16.0. The van der Waals surface area contributed by atoms with Crippen LogP contribution in [0.25, 0.3) is 16.9 Å². The molecule has 3 aromatic rings. The molecule has 0 spiro atoms. The van der Waals surface area contributed by atoms with Crippen LogP contribution in [0.3, 0.4) is 0 Å². The Kier molecular flexibility index (Phi) is 6.22. The number of rotatable bonds is 7. The Balaban J connectivity index is 1.85. The number of aromatic nitrogens is 2. The highest BCUT2D eigenvalue weighted by atomic mass is 16.5. The largest absolute Gasteiger partial charge is 0.452 e. The van der Waals surface area contributed by atoms with Crippen LogP contribution in [0.1, 0.15) is 30.6 Å². The van der Waals surface area contributed by atoms with Gasteiger partial charge in [0.15, 0.2) is 6.61 Å². The fourth-order valence-electron chi connectivity index (χ4n) is 2.67. The highest BCUT2D eigenvalue weighted by Crippen LogP contribution is 2.24. The quantitative estimate of drug-likeness (QED) is 0.639. The van der Waals surface area contributed by atoms with Gasteiger partial charge in [-0.05, 0) is 25.5 Å². The monoisotopic (exact) mass is 377 g/mol. The highest BCUT2D eigenvalue weighted by molar-refractivity contribution is 5.97. The van der Waals surface area contributed by atoms with Gasteiger partial charge in [0.1, 0.15) is 11.3 Å². The lowest BCUT2D eigenvalue weighted by molar-refractivity contribution is -0.124. The molecule has 0 aliphatic heterocycles. The first-order chi connectivity index (χ1) is 13.6. The number of carbonyl (C=O) groups is 2. The summed E-state index contributed by atoms with van der Waals surface area (Å²) in [7, 11) is 0. The zero-order valence-electron chi connectivity index (χ0n) is 16.0. The summed E-state index contributed by atoms with van der Waals surface area (Å²) in [6.07, 6.45) is 2.44. The SMILES string of the molecule is CC[C@H](C)NC(=O)COC(=O)c1cn(-c2ccccc2)nc1-c1ccccc1. The Morgan fingerprint density at radius 2 is 1.71 bits per heavy atom. The van der Waals surface area contributed by atoms with Crippen molar-refractivity contribution in [3.8, 4) is 16.9 Å². The number of nitrogens with one attached hydrogen (secondary N) is 1. The molecule has 0 aliphatic rings. The zero-order chi connectivity index (χ0) is 19.9. The summed E-state index contributed by atoms with van der Waals surface area (Å²) in [6, 6.07) is 19.0. The minimum absolute atomic E-state index is 0.0342. The van der Waals surface area contributed by atoms with Gasteiger partial charge in [-0.3, -0.25) is 4.79 Å². The van der Waals surface area contributed by atoms with Crippen molar-refractivity contribution in [3.63, 3.8) is 0 Å². The predicted molar refractivity (Wildman–Crippen MR) is 107 cm³/mol. The van der Waals surface area contributed by atoms with Crippen LogP contribution in [0.2, 0.25) is 0 Å². The average Bonchev–Trinajstić information content (AvgIpc) is 3.19. The van der Waals surface area contributed by atoms with E-state index in [1.807, 2.05) is 74.5 Å². The van der Waals surface area contributed by atoms with Crippen molar-refractivity contribution in [2.75, 3.05) is 6.61 Å². The van der Waals surface area contributed by atoms with Gasteiger partial charge < -0.3 is 10.1 Å². The normalized spacial score (nSPS) is 11.6. The van der Waals surface area contributed by atoms with E-state index in [2.05, 4.69) is 10.4 Å². The highest BCUT2D eigenvalue weighted by Gasteiger charge is 2.21. The van der Waals surface area contributed by atoms with E-state index < -0.39 is 5.97 Å². The van der Waals surface area contributed by atoms with Gasteiger partial charge in [-0.25, -0.2) is 9.48 Å². The summed E-state index contributed by atoms with van der Waals surface area (Å²) in [6.45, 7) is 3.55. The molecule has 0 radical (unpaired) electrons. The topological polar surface area (TPSA) is 73.2 Å². The summed E-state index contributed by atoms with van der Waals surface area (Å²) >= 11 is 0. The van der Waals surface area contributed by atoms with Crippen molar-refractivity contribution in [2.24, 2.45) is 0 Å². The fourth-order valence-corrected chi connectivity index (χ4v) is 2.67. The molecule has 0 saturated carbocycles. The van der Waals surface area contributed by atoms with Crippen LogP contribution in [-0.2, 0) is 9.53 Å². The molecule has 144 valence electrons. The Bertz CT molecular complexity index is 936. The maximum absolute atomic E-state index is 12.7. The number of amides is 1. The molecule has 1 aromatic heterocycles. The first-order valence-electron chi connectivity index (χ1n) is 9.25. The van der Waals surface area contributed by atoms with Gasteiger partial charge in [-0.1, -0.05) is 55.5 Å². The van der Waals surface area contributed by atoms with E-state index in [1.54, 1.807) is 10.9 Å². The lowest BCUT2D eigenvalue weighted by atomic mass is 10.1. The molecule has 6 heteroatoms. The molecule has 1 N–H and O–H groups in total. The van der Waals surface area contributed by atoms with Crippen molar-refractivity contribution < 1.29 is 14.3 Å². The van der Waals surface area contributed by atoms with E-state index in [4.69, 9.17) is 4.74 Å². The van der Waals surface area contributed by atoms with E-state index in [1.165, 1.54) is 0 Å². The number of nitrogens with zero attached hydrogens (tertiary/aromatic N) is 2. The van der Waals surface area contributed by atoms with Crippen LogP contribution in [0, 0.1) is 0 Å². The van der Waals surface area contributed by atoms with Gasteiger partial charge in [0.05, 0.1) is 5.69 Å².